The molecule has 1 rings (SSSR count). The van der Waals surface area contributed by atoms with Gasteiger partial charge in [0.25, 0.3) is 0 Å². The Kier molecular flexibility index (Phi) is 40.8. The number of aliphatic hydroxyl groups excluding tert-OH is 3. The van der Waals surface area contributed by atoms with Crippen LogP contribution in [0.1, 0.15) is 258 Å². The molecule has 11 nitrogen and oxygen atoms in total. The van der Waals surface area contributed by atoms with E-state index in [-0.39, 0.29) is 26.1 Å². The van der Waals surface area contributed by atoms with Crippen molar-refractivity contribution in [2.24, 2.45) is 0 Å². The van der Waals surface area contributed by atoms with E-state index in [0.717, 1.165) is 57.8 Å². The second-order valence-corrected chi connectivity index (χ2v) is 18.7. The number of carbonyl (C=O) groups excluding carboxylic acids is 2. The highest BCUT2D eigenvalue weighted by atomic mass is 16.7. The molecule has 64 heavy (non-hydrogen) atoms. The second kappa shape index (κ2) is 43.5. The van der Waals surface area contributed by atoms with Crippen molar-refractivity contribution in [3.8, 4) is 0 Å². The topological polar surface area (TPSA) is 169 Å². The zero-order valence-corrected chi connectivity index (χ0v) is 41.0. The number of rotatable bonds is 46. The predicted octanol–water partition coefficient (Wildman–Crippen LogP) is 12.8. The molecular weight excluding hydrogens is 813 g/mol. The maximum absolute atomic E-state index is 12.8. The van der Waals surface area contributed by atoms with Gasteiger partial charge in [0, 0.05) is 12.8 Å². The van der Waals surface area contributed by atoms with Gasteiger partial charge in [-0.2, -0.15) is 0 Å². The molecule has 0 aliphatic carbocycles. The lowest BCUT2D eigenvalue weighted by Gasteiger charge is -2.38. The van der Waals surface area contributed by atoms with Crippen LogP contribution in [-0.2, 0) is 33.3 Å². The third-order valence-corrected chi connectivity index (χ3v) is 12.6. The minimum atomic E-state index is -1.86. The average Bonchev–Trinajstić information content (AvgIpc) is 3.28. The molecule has 376 valence electrons. The highest BCUT2D eigenvalue weighted by molar-refractivity contribution is 5.73. The predicted molar refractivity (Wildman–Crippen MR) is 257 cm³/mol. The Morgan fingerprint density at radius 3 is 1.22 bits per heavy atom. The fraction of sp³-hybridized carbons (Fsp3) is 0.906. The molecule has 0 aromatic heterocycles. The molecule has 6 atom stereocenters. The van der Waals surface area contributed by atoms with E-state index in [1.165, 1.54) is 161 Å². The van der Waals surface area contributed by atoms with Crippen LogP contribution in [0.4, 0.5) is 0 Å². The van der Waals surface area contributed by atoms with Crippen molar-refractivity contribution in [3.05, 3.63) is 12.2 Å². The summed E-state index contributed by atoms with van der Waals surface area (Å²) >= 11 is 0. The van der Waals surface area contributed by atoms with Crippen LogP contribution in [0.3, 0.4) is 0 Å². The lowest BCUT2D eigenvalue weighted by molar-refractivity contribution is -0.298. The summed E-state index contributed by atoms with van der Waals surface area (Å²) in [6, 6.07) is 0. The molecule has 1 aliphatic rings. The molecule has 4 N–H and O–H groups in total. The van der Waals surface area contributed by atoms with Crippen LogP contribution in [0, 0.1) is 0 Å². The van der Waals surface area contributed by atoms with Gasteiger partial charge >= 0.3 is 17.9 Å². The van der Waals surface area contributed by atoms with E-state index < -0.39 is 54.7 Å². The SMILES string of the molecule is CCCCCCCCC/C=C\CCCCCCCC(=O)OCC(COC1OC(C(=O)O)C(O)C(O)C1O)OC(=O)CCCCCCCCCCCCCCCCCCCCCCCC. The number of hydrogen-bond donors (Lipinski definition) is 4. The monoisotopic (exact) mass is 911 g/mol. The van der Waals surface area contributed by atoms with Gasteiger partial charge in [-0.3, -0.25) is 9.59 Å². The van der Waals surface area contributed by atoms with Gasteiger partial charge in [-0.25, -0.2) is 4.79 Å². The first kappa shape index (κ1) is 60.0. The van der Waals surface area contributed by atoms with Crippen LogP contribution in [0.5, 0.6) is 0 Å². The van der Waals surface area contributed by atoms with Crippen LogP contribution in [0.2, 0.25) is 0 Å². The smallest absolute Gasteiger partial charge is 0.335 e. The number of ether oxygens (including phenoxy) is 4. The number of allylic oxidation sites excluding steroid dienone is 2. The van der Waals surface area contributed by atoms with Gasteiger partial charge in [-0.1, -0.05) is 219 Å². The summed E-state index contributed by atoms with van der Waals surface area (Å²) in [6.07, 6.45) is 39.8. The standard InChI is InChI=1S/C53H98O11/c1-3-5-7-9-11-13-15-17-19-21-22-23-24-25-26-28-30-32-34-36-38-40-42-47(55)63-45(44-62-53-50(58)48(56)49(57)51(64-53)52(59)60)43-61-46(54)41-39-37-35-33-31-29-27-20-18-16-14-12-10-8-6-4-2/h20,27,45,48-51,53,56-58H,3-19,21-26,28-44H2,1-2H3,(H,59,60)/b27-20-. The normalized spacial score (nSPS) is 19.3. The molecule has 11 heteroatoms. The van der Waals surface area contributed by atoms with Crippen LogP contribution in [-0.4, -0.2) is 88.4 Å². The maximum Gasteiger partial charge on any atom is 0.335 e. The summed E-state index contributed by atoms with van der Waals surface area (Å²) in [5.74, 6) is -2.43. The Morgan fingerprint density at radius 1 is 0.469 bits per heavy atom. The van der Waals surface area contributed by atoms with Crippen molar-refractivity contribution in [2.45, 2.75) is 295 Å². The first-order valence-electron chi connectivity index (χ1n) is 26.7. The van der Waals surface area contributed by atoms with Gasteiger partial charge in [0.15, 0.2) is 18.5 Å². The van der Waals surface area contributed by atoms with Gasteiger partial charge in [-0.05, 0) is 38.5 Å². The minimum Gasteiger partial charge on any atom is -0.479 e. The Bertz CT molecular complexity index is 1120. The molecule has 6 unspecified atom stereocenters. The van der Waals surface area contributed by atoms with E-state index in [4.69, 9.17) is 18.9 Å². The number of carboxylic acid groups (broad SMARTS) is 1. The van der Waals surface area contributed by atoms with Crippen LogP contribution in [0.25, 0.3) is 0 Å². The summed E-state index contributed by atoms with van der Waals surface area (Å²) < 4.78 is 21.8. The Labute approximate surface area is 390 Å². The van der Waals surface area contributed by atoms with Gasteiger partial charge in [0.1, 0.15) is 24.9 Å². The molecule has 0 spiro atoms. The maximum atomic E-state index is 12.8. The molecule has 1 saturated heterocycles. The zero-order valence-electron chi connectivity index (χ0n) is 41.0. The molecule has 0 bridgehead atoms. The van der Waals surface area contributed by atoms with Crippen LogP contribution in [0.15, 0.2) is 12.2 Å². The van der Waals surface area contributed by atoms with Gasteiger partial charge in [0.2, 0.25) is 0 Å². The molecule has 1 fully saturated rings. The number of aliphatic hydroxyl groups is 3. The molecular formula is C53H98O11. The van der Waals surface area contributed by atoms with E-state index in [1.807, 2.05) is 0 Å². The summed E-state index contributed by atoms with van der Waals surface area (Å²) in [7, 11) is 0. The van der Waals surface area contributed by atoms with Crippen LogP contribution >= 0.6 is 0 Å². The van der Waals surface area contributed by atoms with Crippen molar-refractivity contribution in [3.63, 3.8) is 0 Å². The molecule has 0 radical (unpaired) electrons. The molecule has 0 saturated carbocycles. The van der Waals surface area contributed by atoms with Crippen molar-refractivity contribution < 1.29 is 53.8 Å². The number of carbonyl (C=O) groups is 3. The largest absolute Gasteiger partial charge is 0.479 e. The Morgan fingerprint density at radius 2 is 0.828 bits per heavy atom. The fourth-order valence-electron chi connectivity index (χ4n) is 8.41. The molecule has 1 heterocycles. The van der Waals surface area contributed by atoms with E-state index in [9.17, 15) is 34.8 Å². The van der Waals surface area contributed by atoms with E-state index in [2.05, 4.69) is 26.0 Å². The van der Waals surface area contributed by atoms with Crippen molar-refractivity contribution in [1.29, 1.82) is 0 Å². The number of aliphatic carboxylic acids is 1. The molecule has 0 aromatic carbocycles. The van der Waals surface area contributed by atoms with Crippen molar-refractivity contribution >= 4 is 17.9 Å². The lowest BCUT2D eigenvalue weighted by atomic mass is 9.99. The first-order valence-corrected chi connectivity index (χ1v) is 26.7. The molecule has 1 aliphatic heterocycles. The number of unbranched alkanes of at least 4 members (excludes halogenated alkanes) is 33. The van der Waals surface area contributed by atoms with Gasteiger partial charge in [0.05, 0.1) is 6.61 Å². The number of carboxylic acids is 1. The first-order chi connectivity index (χ1) is 31.2. The molecule has 0 aromatic rings. The van der Waals surface area contributed by atoms with Crippen molar-refractivity contribution in [2.75, 3.05) is 13.2 Å². The lowest BCUT2D eigenvalue weighted by Crippen LogP contribution is -2.60. The van der Waals surface area contributed by atoms with E-state index in [0.29, 0.717) is 12.8 Å². The second-order valence-electron chi connectivity index (χ2n) is 18.7. The Hall–Kier alpha value is -2.05. The highest BCUT2D eigenvalue weighted by Gasteiger charge is 2.47. The third-order valence-electron chi connectivity index (χ3n) is 12.6. The fourth-order valence-corrected chi connectivity index (χ4v) is 8.41. The van der Waals surface area contributed by atoms with E-state index >= 15 is 0 Å². The molecule has 0 amide bonds. The highest BCUT2D eigenvalue weighted by Crippen LogP contribution is 2.23. The minimum absolute atomic E-state index is 0.188. The quantitative estimate of drug-likeness (QED) is 0.0260. The van der Waals surface area contributed by atoms with Gasteiger partial charge < -0.3 is 39.4 Å². The zero-order chi connectivity index (χ0) is 46.7. The number of esters is 2. The summed E-state index contributed by atoms with van der Waals surface area (Å²) in [5.41, 5.74) is 0. The third kappa shape index (κ3) is 34.3. The Balaban J connectivity index is 2.26. The van der Waals surface area contributed by atoms with E-state index in [1.54, 1.807) is 0 Å². The van der Waals surface area contributed by atoms with Gasteiger partial charge in [-0.15, -0.1) is 0 Å². The van der Waals surface area contributed by atoms with Crippen LogP contribution < -0.4 is 0 Å². The van der Waals surface area contributed by atoms with Crippen molar-refractivity contribution in [1.82, 2.24) is 0 Å². The average molecular weight is 911 g/mol. The summed E-state index contributed by atoms with van der Waals surface area (Å²) in [4.78, 5) is 37.0. The summed E-state index contributed by atoms with van der Waals surface area (Å²) in [6.45, 7) is 3.85. The number of hydrogen-bond acceptors (Lipinski definition) is 10. The summed E-state index contributed by atoms with van der Waals surface area (Å²) in [5, 5.41) is 40.0.